The summed E-state index contributed by atoms with van der Waals surface area (Å²) >= 11 is 0. The standard InChI is InChI=1S/C20H19N3O6/c24-18(7-9-21-19(25)14-3-5-17(6-4-14)23(28)29)22-10-8-13-1-2-15(20(26)27)11-16(13)12-22/h1-6,11H,7-10,12H2,(H,21,25)(H,26,27). The number of carbonyl (C=O) groups excluding carboxylic acids is 2. The molecule has 0 atom stereocenters. The van der Waals surface area contributed by atoms with Crippen LogP contribution in [-0.2, 0) is 17.8 Å². The summed E-state index contributed by atoms with van der Waals surface area (Å²) in [6.07, 6.45) is 0.753. The van der Waals surface area contributed by atoms with Crippen LogP contribution in [0.2, 0.25) is 0 Å². The number of carboxylic acids is 1. The van der Waals surface area contributed by atoms with Gasteiger partial charge in [0.15, 0.2) is 0 Å². The Morgan fingerprint density at radius 3 is 2.41 bits per heavy atom. The van der Waals surface area contributed by atoms with Crippen LogP contribution in [0.1, 0.15) is 38.3 Å². The Bertz CT molecular complexity index is 971. The highest BCUT2D eigenvalue weighted by Crippen LogP contribution is 2.21. The minimum atomic E-state index is -1.01. The molecule has 0 radical (unpaired) electrons. The summed E-state index contributed by atoms with van der Waals surface area (Å²) in [5.41, 5.74) is 2.21. The van der Waals surface area contributed by atoms with E-state index in [-0.39, 0.29) is 35.7 Å². The number of nitro groups is 1. The van der Waals surface area contributed by atoms with Crippen molar-refractivity contribution in [2.45, 2.75) is 19.4 Å². The fourth-order valence-electron chi connectivity index (χ4n) is 3.18. The summed E-state index contributed by atoms with van der Waals surface area (Å²) in [5, 5.41) is 22.4. The zero-order chi connectivity index (χ0) is 21.0. The second-order valence-electron chi connectivity index (χ2n) is 6.66. The molecule has 2 N–H and O–H groups in total. The molecular formula is C20H19N3O6. The molecule has 0 unspecified atom stereocenters. The molecule has 1 aliphatic heterocycles. The molecular weight excluding hydrogens is 378 g/mol. The highest BCUT2D eigenvalue weighted by Gasteiger charge is 2.21. The molecule has 29 heavy (non-hydrogen) atoms. The van der Waals surface area contributed by atoms with Crippen LogP contribution in [0.15, 0.2) is 42.5 Å². The van der Waals surface area contributed by atoms with E-state index in [0.717, 1.165) is 11.1 Å². The van der Waals surface area contributed by atoms with Crippen molar-refractivity contribution in [3.63, 3.8) is 0 Å². The highest BCUT2D eigenvalue weighted by atomic mass is 16.6. The lowest BCUT2D eigenvalue weighted by Crippen LogP contribution is -2.38. The molecule has 2 aromatic carbocycles. The van der Waals surface area contributed by atoms with E-state index in [4.69, 9.17) is 5.11 Å². The van der Waals surface area contributed by atoms with Crippen LogP contribution in [0.3, 0.4) is 0 Å². The van der Waals surface area contributed by atoms with Crippen LogP contribution in [0.25, 0.3) is 0 Å². The summed E-state index contributed by atoms with van der Waals surface area (Å²) in [5.74, 6) is -1.56. The average molecular weight is 397 g/mol. The number of amides is 2. The third kappa shape index (κ3) is 4.75. The van der Waals surface area contributed by atoms with Crippen LogP contribution in [0.4, 0.5) is 5.69 Å². The molecule has 0 saturated heterocycles. The molecule has 9 heteroatoms. The maximum absolute atomic E-state index is 12.4. The van der Waals surface area contributed by atoms with Crippen molar-refractivity contribution in [2.24, 2.45) is 0 Å². The molecule has 0 fully saturated rings. The normalized spacial score (nSPS) is 12.8. The lowest BCUT2D eigenvalue weighted by molar-refractivity contribution is -0.384. The molecule has 0 saturated carbocycles. The van der Waals surface area contributed by atoms with Crippen LogP contribution in [0, 0.1) is 10.1 Å². The minimum absolute atomic E-state index is 0.104. The number of aromatic carboxylic acids is 1. The van der Waals surface area contributed by atoms with Gasteiger partial charge >= 0.3 is 5.97 Å². The highest BCUT2D eigenvalue weighted by molar-refractivity contribution is 5.94. The number of carbonyl (C=O) groups is 3. The second kappa shape index (κ2) is 8.51. The summed E-state index contributed by atoms with van der Waals surface area (Å²) in [6, 6.07) is 10.1. The number of hydrogen-bond acceptors (Lipinski definition) is 5. The SMILES string of the molecule is O=C(O)c1ccc2c(c1)CN(C(=O)CCNC(=O)c1ccc([N+](=O)[O-])cc1)CC2. The number of carboxylic acid groups (broad SMARTS) is 1. The lowest BCUT2D eigenvalue weighted by Gasteiger charge is -2.29. The van der Waals surface area contributed by atoms with Crippen LogP contribution in [-0.4, -0.2) is 45.8 Å². The van der Waals surface area contributed by atoms with E-state index in [0.29, 0.717) is 19.5 Å². The third-order valence-corrected chi connectivity index (χ3v) is 4.78. The van der Waals surface area contributed by atoms with Crippen molar-refractivity contribution >= 4 is 23.5 Å². The number of non-ortho nitro benzene ring substituents is 1. The zero-order valence-electron chi connectivity index (χ0n) is 15.5. The van der Waals surface area contributed by atoms with Crippen LogP contribution in [0.5, 0.6) is 0 Å². The molecule has 9 nitrogen and oxygen atoms in total. The van der Waals surface area contributed by atoms with Gasteiger partial charge < -0.3 is 15.3 Å². The Balaban J connectivity index is 1.52. The Labute approximate surface area is 166 Å². The van der Waals surface area contributed by atoms with E-state index in [1.54, 1.807) is 23.1 Å². The zero-order valence-corrected chi connectivity index (χ0v) is 15.5. The predicted molar refractivity (Wildman–Crippen MR) is 103 cm³/mol. The van der Waals surface area contributed by atoms with Gasteiger partial charge in [-0.25, -0.2) is 4.79 Å². The summed E-state index contributed by atoms with van der Waals surface area (Å²) in [4.78, 5) is 47.4. The topological polar surface area (TPSA) is 130 Å². The fourth-order valence-corrected chi connectivity index (χ4v) is 3.18. The van der Waals surface area contributed by atoms with E-state index in [9.17, 15) is 24.5 Å². The number of fused-ring (bicyclic) bond motifs is 1. The maximum Gasteiger partial charge on any atom is 0.335 e. The number of nitro benzene ring substituents is 1. The fraction of sp³-hybridized carbons (Fsp3) is 0.250. The van der Waals surface area contributed by atoms with E-state index in [2.05, 4.69) is 5.32 Å². The predicted octanol–water partition coefficient (Wildman–Crippen LogP) is 2.00. The first-order chi connectivity index (χ1) is 13.8. The molecule has 0 spiro atoms. The van der Waals surface area contributed by atoms with Gasteiger partial charge in [0.25, 0.3) is 11.6 Å². The first-order valence-corrected chi connectivity index (χ1v) is 9.00. The van der Waals surface area contributed by atoms with Crippen molar-refractivity contribution in [1.82, 2.24) is 10.2 Å². The van der Waals surface area contributed by atoms with Gasteiger partial charge in [0.05, 0.1) is 10.5 Å². The Kier molecular flexibility index (Phi) is 5.87. The van der Waals surface area contributed by atoms with E-state index in [1.807, 2.05) is 0 Å². The van der Waals surface area contributed by atoms with E-state index in [1.165, 1.54) is 24.3 Å². The molecule has 1 heterocycles. The number of hydrogen-bond donors (Lipinski definition) is 2. The molecule has 0 aliphatic carbocycles. The maximum atomic E-state index is 12.4. The molecule has 0 aromatic heterocycles. The van der Waals surface area contributed by atoms with E-state index < -0.39 is 16.8 Å². The molecule has 2 aromatic rings. The van der Waals surface area contributed by atoms with Crippen LogP contribution < -0.4 is 5.32 Å². The molecule has 3 rings (SSSR count). The monoisotopic (exact) mass is 397 g/mol. The Morgan fingerprint density at radius 1 is 1.07 bits per heavy atom. The summed E-state index contributed by atoms with van der Waals surface area (Å²) < 4.78 is 0. The van der Waals surface area contributed by atoms with Crippen molar-refractivity contribution in [3.05, 3.63) is 74.8 Å². The number of benzene rings is 2. The number of nitrogens with one attached hydrogen (secondary N) is 1. The van der Waals surface area contributed by atoms with Gasteiger partial charge in [-0.1, -0.05) is 6.07 Å². The van der Waals surface area contributed by atoms with Crippen molar-refractivity contribution in [2.75, 3.05) is 13.1 Å². The van der Waals surface area contributed by atoms with Gasteiger partial charge in [0.1, 0.15) is 0 Å². The smallest absolute Gasteiger partial charge is 0.335 e. The van der Waals surface area contributed by atoms with Gasteiger partial charge in [0, 0.05) is 43.8 Å². The van der Waals surface area contributed by atoms with Gasteiger partial charge in [-0.3, -0.25) is 19.7 Å². The van der Waals surface area contributed by atoms with Gasteiger partial charge in [0.2, 0.25) is 5.91 Å². The molecule has 2 amide bonds. The minimum Gasteiger partial charge on any atom is -0.478 e. The van der Waals surface area contributed by atoms with Crippen molar-refractivity contribution < 1.29 is 24.4 Å². The largest absolute Gasteiger partial charge is 0.478 e. The first-order valence-electron chi connectivity index (χ1n) is 9.00. The van der Waals surface area contributed by atoms with E-state index >= 15 is 0 Å². The first kappa shape index (κ1) is 20.0. The van der Waals surface area contributed by atoms with Crippen molar-refractivity contribution in [1.29, 1.82) is 0 Å². The lowest BCUT2D eigenvalue weighted by atomic mass is 9.97. The van der Waals surface area contributed by atoms with Gasteiger partial charge in [-0.2, -0.15) is 0 Å². The third-order valence-electron chi connectivity index (χ3n) is 4.78. The average Bonchev–Trinajstić information content (AvgIpc) is 2.72. The van der Waals surface area contributed by atoms with Gasteiger partial charge in [-0.05, 0) is 41.8 Å². The number of rotatable bonds is 6. The van der Waals surface area contributed by atoms with Crippen LogP contribution >= 0.6 is 0 Å². The van der Waals surface area contributed by atoms with Gasteiger partial charge in [-0.15, -0.1) is 0 Å². The second-order valence-corrected chi connectivity index (χ2v) is 6.66. The van der Waals surface area contributed by atoms with Crippen molar-refractivity contribution in [3.8, 4) is 0 Å². The summed E-state index contributed by atoms with van der Waals surface area (Å²) in [6.45, 7) is 1.01. The summed E-state index contributed by atoms with van der Waals surface area (Å²) in [7, 11) is 0. The number of nitrogens with zero attached hydrogens (tertiary/aromatic N) is 2. The molecule has 150 valence electrons. The molecule has 1 aliphatic rings. The molecule has 0 bridgehead atoms. The Hall–Kier alpha value is -3.75. The quantitative estimate of drug-likeness (QED) is 0.566. The Morgan fingerprint density at radius 2 is 1.76 bits per heavy atom.